The molecule has 1 unspecified atom stereocenters. The first-order valence-corrected chi connectivity index (χ1v) is 12.5. The van der Waals surface area contributed by atoms with Gasteiger partial charge in [0, 0.05) is 48.4 Å². The molecule has 1 atom stereocenters. The van der Waals surface area contributed by atoms with E-state index in [2.05, 4.69) is 72.6 Å². The molecular formula is C29H32ClN3O. The average molecular weight is 474 g/mol. The number of benzene rings is 3. The molecule has 5 heteroatoms. The van der Waals surface area contributed by atoms with Crippen LogP contribution in [-0.4, -0.2) is 34.5 Å². The quantitative estimate of drug-likeness (QED) is 0.475. The number of piperidine rings is 1. The summed E-state index contributed by atoms with van der Waals surface area (Å²) in [6.07, 6.45) is 2.56. The number of nitrogens with zero attached hydrogens (tertiary/aromatic N) is 2. The summed E-state index contributed by atoms with van der Waals surface area (Å²) in [5, 5.41) is 15.1. The maximum Gasteiger partial charge on any atom is 0.120 e. The highest BCUT2D eigenvalue weighted by molar-refractivity contribution is 6.30. The molecule has 1 spiro atoms. The van der Waals surface area contributed by atoms with Crippen LogP contribution in [0.4, 0.5) is 0 Å². The van der Waals surface area contributed by atoms with E-state index in [-0.39, 0.29) is 17.5 Å². The lowest BCUT2D eigenvalue weighted by Crippen LogP contribution is -2.55. The maximum absolute atomic E-state index is 10.7. The fraction of sp³-hybridized carbons (Fsp3) is 0.345. The summed E-state index contributed by atoms with van der Waals surface area (Å²) in [6, 6.07) is 22.5. The molecule has 0 amide bonds. The molecule has 3 aromatic carbocycles. The van der Waals surface area contributed by atoms with E-state index in [1.165, 1.54) is 22.3 Å². The predicted octanol–water partition coefficient (Wildman–Crippen LogP) is 6.18. The molecule has 176 valence electrons. The van der Waals surface area contributed by atoms with Crippen LogP contribution in [0.15, 0.2) is 71.7 Å². The largest absolute Gasteiger partial charge is 0.508 e. The van der Waals surface area contributed by atoms with E-state index in [9.17, 15) is 5.11 Å². The van der Waals surface area contributed by atoms with Crippen molar-refractivity contribution < 1.29 is 5.11 Å². The molecule has 1 saturated heterocycles. The Morgan fingerprint density at radius 3 is 2.50 bits per heavy atom. The summed E-state index contributed by atoms with van der Waals surface area (Å²) in [6.45, 7) is 7.20. The van der Waals surface area contributed by atoms with Gasteiger partial charge in [0.05, 0.1) is 0 Å². The van der Waals surface area contributed by atoms with Crippen molar-refractivity contribution in [3.63, 3.8) is 0 Å². The monoisotopic (exact) mass is 473 g/mol. The van der Waals surface area contributed by atoms with Crippen molar-refractivity contribution in [3.8, 4) is 5.75 Å². The molecular weight excluding hydrogens is 442 g/mol. The third-order valence-corrected chi connectivity index (χ3v) is 7.56. The number of nitrogens with one attached hydrogen (secondary N) is 1. The summed E-state index contributed by atoms with van der Waals surface area (Å²) in [7, 11) is 0. The van der Waals surface area contributed by atoms with Crippen molar-refractivity contribution in [1.82, 2.24) is 10.2 Å². The number of rotatable bonds is 4. The molecule has 34 heavy (non-hydrogen) atoms. The molecule has 2 N–H and O–H groups in total. The Bertz CT molecular complexity index is 1200. The smallest absolute Gasteiger partial charge is 0.120 e. The zero-order valence-corrected chi connectivity index (χ0v) is 20.6. The zero-order chi connectivity index (χ0) is 23.7. The van der Waals surface area contributed by atoms with Gasteiger partial charge in [0.1, 0.15) is 11.4 Å². The molecule has 0 aliphatic carbocycles. The first-order chi connectivity index (χ1) is 16.4. The van der Waals surface area contributed by atoms with E-state index in [1.807, 2.05) is 6.07 Å². The van der Waals surface area contributed by atoms with Crippen LogP contribution >= 0.6 is 11.6 Å². The van der Waals surface area contributed by atoms with Crippen LogP contribution in [-0.2, 0) is 6.54 Å². The van der Waals surface area contributed by atoms with Gasteiger partial charge in [-0.3, -0.25) is 15.2 Å². The van der Waals surface area contributed by atoms with Crippen LogP contribution in [0.5, 0.6) is 5.75 Å². The van der Waals surface area contributed by atoms with Crippen molar-refractivity contribution in [1.29, 1.82) is 0 Å². The summed E-state index contributed by atoms with van der Waals surface area (Å²) < 4.78 is 0. The summed E-state index contributed by atoms with van der Waals surface area (Å²) in [5.41, 5.74) is 6.66. The lowest BCUT2D eigenvalue weighted by atomic mass is 9.87. The fourth-order valence-corrected chi connectivity index (χ4v) is 5.36. The van der Waals surface area contributed by atoms with Crippen molar-refractivity contribution in [2.24, 2.45) is 4.99 Å². The number of aliphatic imine (C=N–C) groups is 1. The first kappa shape index (κ1) is 23.1. The summed E-state index contributed by atoms with van der Waals surface area (Å²) in [4.78, 5) is 7.86. The molecule has 0 radical (unpaired) electrons. The van der Waals surface area contributed by atoms with Crippen LogP contribution in [0.3, 0.4) is 0 Å². The predicted molar refractivity (Wildman–Crippen MR) is 140 cm³/mol. The van der Waals surface area contributed by atoms with E-state index in [1.54, 1.807) is 12.1 Å². The third kappa shape index (κ3) is 4.90. The molecule has 1 fully saturated rings. The van der Waals surface area contributed by atoms with Gasteiger partial charge in [-0.1, -0.05) is 54.1 Å². The van der Waals surface area contributed by atoms with Crippen molar-refractivity contribution in [2.75, 3.05) is 13.1 Å². The van der Waals surface area contributed by atoms with Crippen molar-refractivity contribution in [2.45, 2.75) is 51.4 Å². The number of phenolic OH excluding ortho intramolecular Hbond substituents is 1. The summed E-state index contributed by atoms with van der Waals surface area (Å²) >= 11 is 6.33. The van der Waals surface area contributed by atoms with Gasteiger partial charge in [-0.2, -0.15) is 0 Å². The van der Waals surface area contributed by atoms with Crippen LogP contribution in [0.25, 0.3) is 0 Å². The van der Waals surface area contributed by atoms with E-state index < -0.39 is 0 Å². The highest BCUT2D eigenvalue weighted by Gasteiger charge is 2.40. The van der Waals surface area contributed by atoms with Gasteiger partial charge in [0.25, 0.3) is 0 Å². The Hall–Kier alpha value is -2.66. The van der Waals surface area contributed by atoms with E-state index in [0.717, 1.165) is 43.8 Å². The van der Waals surface area contributed by atoms with Crippen LogP contribution in [0, 0.1) is 13.8 Å². The second-order valence-corrected chi connectivity index (χ2v) is 10.2. The lowest BCUT2D eigenvalue weighted by Gasteiger charge is -2.45. The normalized spacial score (nSPS) is 20.3. The molecule has 0 saturated carbocycles. The SMILES string of the molecule is Cc1ccc(C2=NC3(CCN(Cc4ccccc4)CC3)NC(c3cc(Cl)ccc3O)C2)cc1C. The van der Waals surface area contributed by atoms with Gasteiger partial charge >= 0.3 is 0 Å². The topological polar surface area (TPSA) is 47.9 Å². The van der Waals surface area contributed by atoms with Gasteiger partial charge in [-0.25, -0.2) is 0 Å². The molecule has 0 bridgehead atoms. The van der Waals surface area contributed by atoms with Crippen LogP contribution < -0.4 is 5.32 Å². The Morgan fingerprint density at radius 2 is 1.76 bits per heavy atom. The summed E-state index contributed by atoms with van der Waals surface area (Å²) in [5.74, 6) is 0.278. The second-order valence-electron chi connectivity index (χ2n) is 9.76. The van der Waals surface area contributed by atoms with Crippen molar-refractivity contribution in [3.05, 3.63) is 99.6 Å². The van der Waals surface area contributed by atoms with Gasteiger partial charge in [0.2, 0.25) is 0 Å². The van der Waals surface area contributed by atoms with Gasteiger partial charge in [-0.05, 0) is 73.2 Å². The molecule has 2 aliphatic heterocycles. The number of aryl methyl sites for hydroxylation is 2. The highest BCUT2D eigenvalue weighted by Crippen LogP contribution is 2.38. The molecule has 4 nitrogen and oxygen atoms in total. The van der Waals surface area contributed by atoms with Crippen molar-refractivity contribution >= 4 is 17.3 Å². The maximum atomic E-state index is 10.7. The standard InChI is InChI=1S/C29H32ClN3O/c1-20-8-9-23(16-21(20)2)26-18-27(25-17-24(30)10-11-28(25)34)32-29(31-26)12-14-33(15-13-29)19-22-6-4-3-5-7-22/h3-11,16-17,27,32,34H,12-15,18-19H2,1-2H3. The Balaban J connectivity index is 1.45. The second kappa shape index (κ2) is 9.53. The average Bonchev–Trinajstić information content (AvgIpc) is 2.84. The highest BCUT2D eigenvalue weighted by atomic mass is 35.5. The Morgan fingerprint density at radius 1 is 1.00 bits per heavy atom. The van der Waals surface area contributed by atoms with Crippen LogP contribution in [0.2, 0.25) is 5.02 Å². The molecule has 2 aliphatic rings. The zero-order valence-electron chi connectivity index (χ0n) is 19.9. The fourth-order valence-electron chi connectivity index (χ4n) is 5.18. The molecule has 2 heterocycles. The number of phenols is 1. The molecule has 0 aromatic heterocycles. The van der Waals surface area contributed by atoms with Crippen LogP contribution in [0.1, 0.15) is 53.1 Å². The van der Waals surface area contributed by atoms with E-state index in [4.69, 9.17) is 16.6 Å². The Labute approximate surface area is 207 Å². The number of likely N-dealkylation sites (tertiary alicyclic amines) is 1. The minimum absolute atomic E-state index is 0.0477. The van der Waals surface area contributed by atoms with E-state index >= 15 is 0 Å². The first-order valence-electron chi connectivity index (χ1n) is 12.1. The lowest BCUT2D eigenvalue weighted by molar-refractivity contribution is 0.120. The molecule has 3 aromatic rings. The minimum Gasteiger partial charge on any atom is -0.508 e. The third-order valence-electron chi connectivity index (χ3n) is 7.33. The van der Waals surface area contributed by atoms with E-state index in [0.29, 0.717) is 11.4 Å². The number of aromatic hydroxyl groups is 1. The minimum atomic E-state index is -0.348. The molecule has 5 rings (SSSR count). The van der Waals surface area contributed by atoms with Gasteiger partial charge in [-0.15, -0.1) is 0 Å². The number of hydrogen-bond donors (Lipinski definition) is 2. The van der Waals surface area contributed by atoms with Gasteiger partial charge < -0.3 is 5.11 Å². The van der Waals surface area contributed by atoms with Gasteiger partial charge in [0.15, 0.2) is 0 Å². The number of halogens is 1. The Kier molecular flexibility index (Phi) is 6.48. The number of hydrogen-bond acceptors (Lipinski definition) is 4.